The minimum atomic E-state index is -0.234. The normalized spacial score (nSPS) is 10.5. The third kappa shape index (κ3) is 2.54. The molecule has 6 heteroatoms. The molecule has 0 bridgehead atoms. The topological polar surface area (TPSA) is 61.7 Å². The van der Waals surface area contributed by atoms with Gasteiger partial charge < -0.3 is 10.4 Å². The Balaban J connectivity index is 2.88. The largest absolute Gasteiger partial charge is 0.505 e. The molecule has 0 radical (unpaired) electrons. The number of carbonyl (C=O) groups excluding carboxylic acids is 1. The minimum Gasteiger partial charge on any atom is -0.505 e. The molecule has 0 aliphatic heterocycles. The highest BCUT2D eigenvalue weighted by Gasteiger charge is 2.14. The van der Waals surface area contributed by atoms with Gasteiger partial charge in [0.05, 0.1) is 5.69 Å². The van der Waals surface area contributed by atoms with Gasteiger partial charge in [-0.3, -0.25) is 9.79 Å². The number of benzene rings is 2. The molecule has 0 heterocycles. The number of hydrogen-bond acceptors (Lipinski definition) is 5. The van der Waals surface area contributed by atoms with Crippen molar-refractivity contribution in [2.45, 2.75) is 16.7 Å². The van der Waals surface area contributed by atoms with Gasteiger partial charge in [0, 0.05) is 22.1 Å². The first-order valence-corrected chi connectivity index (χ1v) is 6.29. The van der Waals surface area contributed by atoms with Crippen LogP contribution in [0.15, 0.2) is 33.0 Å². The molecule has 0 aliphatic carbocycles. The van der Waals surface area contributed by atoms with E-state index in [0.717, 1.165) is 0 Å². The smallest absolute Gasteiger partial charge is 0.221 e. The van der Waals surface area contributed by atoms with Crippen molar-refractivity contribution < 1.29 is 9.90 Å². The number of aromatic hydroxyl groups is 1. The fourth-order valence-corrected chi connectivity index (χ4v) is 2.51. The number of anilines is 1. The molecule has 1 amide bonds. The van der Waals surface area contributed by atoms with Gasteiger partial charge in [0.1, 0.15) is 5.69 Å². The predicted octanol–water partition coefficient (Wildman–Crippen LogP) is 3.41. The summed E-state index contributed by atoms with van der Waals surface area (Å²) in [6, 6.07) is 5.18. The molecule has 0 unspecified atom stereocenters. The van der Waals surface area contributed by atoms with Crippen LogP contribution in [0.1, 0.15) is 6.92 Å². The molecule has 98 valence electrons. The lowest BCUT2D eigenvalue weighted by atomic mass is 10.1. The number of fused-ring (bicyclic) bond motifs is 1. The third-order valence-corrected chi connectivity index (χ3v) is 3.22. The highest BCUT2D eigenvalue weighted by atomic mass is 32.1. The lowest BCUT2D eigenvalue weighted by Gasteiger charge is -2.13. The molecule has 2 aromatic carbocycles. The van der Waals surface area contributed by atoms with E-state index in [9.17, 15) is 9.90 Å². The number of carbonyl (C=O) groups is 1. The van der Waals surface area contributed by atoms with Gasteiger partial charge in [0.25, 0.3) is 0 Å². The molecule has 0 fully saturated rings. The maximum Gasteiger partial charge on any atom is 0.221 e. The van der Waals surface area contributed by atoms with Crippen LogP contribution in [0.2, 0.25) is 0 Å². The molecular weight excluding hydrogens is 280 g/mol. The van der Waals surface area contributed by atoms with E-state index in [2.05, 4.69) is 42.3 Å². The standard InChI is InChI=1S/C13H12N2O2S2/c1-6(16)15-9-5-8(18)3-7-4-10(19)12(14-2)13(17)11(7)9/h3-5,17-19H,2H2,1H3,(H,15,16). The molecule has 2 rings (SSSR count). The van der Waals surface area contributed by atoms with Crippen molar-refractivity contribution in [3.8, 4) is 5.75 Å². The van der Waals surface area contributed by atoms with E-state index in [4.69, 9.17) is 0 Å². The summed E-state index contributed by atoms with van der Waals surface area (Å²) in [5, 5.41) is 14.1. The highest BCUT2D eigenvalue weighted by Crippen LogP contribution is 2.43. The first-order valence-electron chi connectivity index (χ1n) is 5.40. The number of nitrogens with one attached hydrogen (secondary N) is 1. The summed E-state index contributed by atoms with van der Waals surface area (Å²) < 4.78 is 0. The molecule has 19 heavy (non-hydrogen) atoms. The summed E-state index contributed by atoms with van der Waals surface area (Å²) in [6.07, 6.45) is 0. The number of amides is 1. The third-order valence-electron chi connectivity index (χ3n) is 2.62. The Morgan fingerprint density at radius 2 is 2.05 bits per heavy atom. The van der Waals surface area contributed by atoms with Gasteiger partial charge in [-0.05, 0) is 30.3 Å². The average molecular weight is 292 g/mol. The Morgan fingerprint density at radius 1 is 1.37 bits per heavy atom. The molecule has 0 atom stereocenters. The summed E-state index contributed by atoms with van der Waals surface area (Å²) in [6.45, 7) is 4.80. The van der Waals surface area contributed by atoms with E-state index >= 15 is 0 Å². The van der Waals surface area contributed by atoms with Crippen molar-refractivity contribution in [2.24, 2.45) is 4.99 Å². The molecule has 2 aromatic rings. The summed E-state index contributed by atoms with van der Waals surface area (Å²) in [4.78, 5) is 16.2. The summed E-state index contributed by atoms with van der Waals surface area (Å²) in [5.41, 5.74) is 0.764. The molecule has 4 nitrogen and oxygen atoms in total. The van der Waals surface area contributed by atoms with E-state index in [1.54, 1.807) is 18.2 Å². The van der Waals surface area contributed by atoms with Crippen LogP contribution in [-0.2, 0) is 4.79 Å². The number of phenols is 1. The van der Waals surface area contributed by atoms with E-state index in [1.807, 2.05) is 0 Å². The van der Waals surface area contributed by atoms with Gasteiger partial charge in [0.2, 0.25) is 5.91 Å². The van der Waals surface area contributed by atoms with Crippen molar-refractivity contribution >= 4 is 60.0 Å². The fraction of sp³-hybridized carbons (Fsp3) is 0.0769. The van der Waals surface area contributed by atoms with Gasteiger partial charge in [0.15, 0.2) is 5.75 Å². The van der Waals surface area contributed by atoms with Crippen LogP contribution in [0.25, 0.3) is 10.8 Å². The Bertz CT molecular complexity index is 699. The molecule has 2 N–H and O–H groups in total. The lowest BCUT2D eigenvalue weighted by molar-refractivity contribution is -0.114. The number of nitrogens with zero attached hydrogens (tertiary/aromatic N) is 1. The number of hydrogen-bond donors (Lipinski definition) is 4. The van der Waals surface area contributed by atoms with E-state index < -0.39 is 0 Å². The van der Waals surface area contributed by atoms with Crippen LogP contribution in [-0.4, -0.2) is 17.7 Å². The monoisotopic (exact) mass is 292 g/mol. The van der Waals surface area contributed by atoms with Crippen LogP contribution in [0.5, 0.6) is 5.75 Å². The number of phenolic OH excluding ortho intramolecular Hbond substituents is 1. The van der Waals surface area contributed by atoms with Crippen LogP contribution in [0, 0.1) is 0 Å². The van der Waals surface area contributed by atoms with Crippen LogP contribution in [0.4, 0.5) is 11.4 Å². The zero-order valence-corrected chi connectivity index (χ0v) is 11.9. The van der Waals surface area contributed by atoms with Crippen molar-refractivity contribution in [1.29, 1.82) is 0 Å². The molecule has 0 saturated carbocycles. The maximum absolute atomic E-state index is 11.2. The zero-order chi connectivity index (χ0) is 14.2. The van der Waals surface area contributed by atoms with Gasteiger partial charge in [-0.25, -0.2) is 0 Å². The van der Waals surface area contributed by atoms with Gasteiger partial charge >= 0.3 is 0 Å². The summed E-state index contributed by atoms with van der Waals surface area (Å²) in [5.74, 6) is -0.294. The zero-order valence-electron chi connectivity index (χ0n) is 10.1. The minimum absolute atomic E-state index is 0.0606. The van der Waals surface area contributed by atoms with Crippen LogP contribution < -0.4 is 5.32 Å². The number of aliphatic imine (C=N–C) groups is 1. The van der Waals surface area contributed by atoms with E-state index in [1.165, 1.54) is 6.92 Å². The van der Waals surface area contributed by atoms with Crippen molar-refractivity contribution in [3.63, 3.8) is 0 Å². The quantitative estimate of drug-likeness (QED) is 0.506. The van der Waals surface area contributed by atoms with Gasteiger partial charge in [-0.1, -0.05) is 0 Å². The van der Waals surface area contributed by atoms with Gasteiger partial charge in [-0.15, -0.1) is 25.3 Å². The van der Waals surface area contributed by atoms with E-state index in [-0.39, 0.29) is 17.3 Å². The molecule has 0 saturated heterocycles. The number of rotatable bonds is 2. The van der Waals surface area contributed by atoms with Gasteiger partial charge in [-0.2, -0.15) is 0 Å². The SMILES string of the molecule is C=Nc1c(S)cc2cc(S)cc(NC(C)=O)c2c1O. The first kappa shape index (κ1) is 13.8. The molecular formula is C13H12N2O2S2. The first-order chi connectivity index (χ1) is 8.93. The molecule has 0 spiro atoms. The Morgan fingerprint density at radius 3 is 2.63 bits per heavy atom. The predicted molar refractivity (Wildman–Crippen MR) is 83.6 cm³/mol. The Hall–Kier alpha value is -1.66. The molecule has 0 aliphatic rings. The Labute approximate surface area is 121 Å². The fourth-order valence-electron chi connectivity index (χ4n) is 1.93. The second kappa shape index (κ2) is 5.14. The number of thiol groups is 2. The van der Waals surface area contributed by atoms with Crippen LogP contribution in [0.3, 0.4) is 0 Å². The highest BCUT2D eigenvalue weighted by molar-refractivity contribution is 7.80. The lowest BCUT2D eigenvalue weighted by Crippen LogP contribution is -2.06. The van der Waals surface area contributed by atoms with E-state index in [0.29, 0.717) is 26.3 Å². The summed E-state index contributed by atoms with van der Waals surface area (Å²) >= 11 is 8.53. The second-order valence-corrected chi connectivity index (χ2v) is 5.02. The maximum atomic E-state index is 11.2. The van der Waals surface area contributed by atoms with Crippen molar-refractivity contribution in [1.82, 2.24) is 0 Å². The average Bonchev–Trinajstić information content (AvgIpc) is 2.26. The summed E-state index contributed by atoms with van der Waals surface area (Å²) in [7, 11) is 0. The second-order valence-electron chi connectivity index (χ2n) is 4.02. The van der Waals surface area contributed by atoms with Crippen LogP contribution >= 0.6 is 25.3 Å². The Kier molecular flexibility index (Phi) is 3.73. The van der Waals surface area contributed by atoms with Crippen molar-refractivity contribution in [2.75, 3.05) is 5.32 Å². The molecule has 0 aromatic heterocycles. The van der Waals surface area contributed by atoms with Crippen molar-refractivity contribution in [3.05, 3.63) is 18.2 Å².